The summed E-state index contributed by atoms with van der Waals surface area (Å²) in [5.41, 5.74) is 3.80. The van der Waals surface area contributed by atoms with E-state index in [-0.39, 0.29) is 18.3 Å². The Balaban J connectivity index is 0.00000192. The first-order valence-electron chi connectivity index (χ1n) is 7.67. The summed E-state index contributed by atoms with van der Waals surface area (Å²) in [6.07, 6.45) is 1.95. The van der Waals surface area contributed by atoms with E-state index >= 15 is 0 Å². The van der Waals surface area contributed by atoms with E-state index in [0.717, 1.165) is 36.5 Å². The zero-order valence-electron chi connectivity index (χ0n) is 13.1. The molecule has 23 heavy (non-hydrogen) atoms. The third-order valence-corrected chi connectivity index (χ3v) is 3.66. The van der Waals surface area contributed by atoms with Gasteiger partial charge in [0.15, 0.2) is 0 Å². The summed E-state index contributed by atoms with van der Waals surface area (Å²) in [5, 5.41) is 6.21. The molecule has 5 heteroatoms. The van der Waals surface area contributed by atoms with Gasteiger partial charge in [0.25, 0.3) is 5.91 Å². The van der Waals surface area contributed by atoms with Gasteiger partial charge in [-0.3, -0.25) is 4.79 Å². The first-order chi connectivity index (χ1) is 10.8. The molecule has 2 aromatic rings. The highest BCUT2D eigenvalue weighted by atomic mass is 35.5. The van der Waals surface area contributed by atoms with E-state index in [0.29, 0.717) is 12.2 Å². The van der Waals surface area contributed by atoms with Gasteiger partial charge in [0.05, 0.1) is 6.61 Å². The molecule has 0 atom stereocenters. The summed E-state index contributed by atoms with van der Waals surface area (Å²) < 4.78 is 5.53. The first kappa shape index (κ1) is 17.2. The minimum absolute atomic E-state index is 0. The maximum atomic E-state index is 12.3. The van der Waals surface area contributed by atoms with Crippen LogP contribution < -0.4 is 15.4 Å². The highest BCUT2D eigenvalue weighted by molar-refractivity contribution is 6.04. The van der Waals surface area contributed by atoms with Gasteiger partial charge in [0.1, 0.15) is 5.75 Å². The zero-order valence-corrected chi connectivity index (χ0v) is 13.9. The summed E-state index contributed by atoms with van der Waals surface area (Å²) in [5.74, 6) is 0.736. The lowest BCUT2D eigenvalue weighted by atomic mass is 10.1. The third kappa shape index (κ3) is 4.17. The van der Waals surface area contributed by atoms with Gasteiger partial charge < -0.3 is 15.4 Å². The standard InChI is InChI=1S/C18H20N2O2.ClH/c1-2-11-22-16-6-4-15(5-7-16)20-18(21)14-3-8-17-13(12-14)9-10-19-17;/h3-8,12,19H,2,9-11H2,1H3,(H,20,21);1H. The number of nitrogens with one attached hydrogen (secondary N) is 2. The number of amides is 1. The molecule has 0 spiro atoms. The molecule has 0 aliphatic carbocycles. The van der Waals surface area contributed by atoms with Crippen LogP contribution in [-0.4, -0.2) is 19.1 Å². The van der Waals surface area contributed by atoms with Gasteiger partial charge in [-0.2, -0.15) is 0 Å². The van der Waals surface area contributed by atoms with Crippen LogP contribution in [0.1, 0.15) is 29.3 Å². The van der Waals surface area contributed by atoms with E-state index in [4.69, 9.17) is 4.74 Å². The second-order valence-corrected chi connectivity index (χ2v) is 5.38. The van der Waals surface area contributed by atoms with Crippen molar-refractivity contribution in [3.05, 3.63) is 53.6 Å². The number of rotatable bonds is 5. The van der Waals surface area contributed by atoms with Crippen LogP contribution in [0.15, 0.2) is 42.5 Å². The molecule has 0 fully saturated rings. The Labute approximate surface area is 142 Å². The normalized spacial score (nSPS) is 11.9. The van der Waals surface area contributed by atoms with Crippen molar-refractivity contribution < 1.29 is 9.53 Å². The van der Waals surface area contributed by atoms with Crippen LogP contribution in [0.3, 0.4) is 0 Å². The quantitative estimate of drug-likeness (QED) is 0.866. The number of anilines is 2. The lowest BCUT2D eigenvalue weighted by Gasteiger charge is -2.08. The van der Waals surface area contributed by atoms with E-state index in [2.05, 4.69) is 17.6 Å². The molecule has 2 aromatic carbocycles. The fraction of sp³-hybridized carbons (Fsp3) is 0.278. The number of hydrogen-bond donors (Lipinski definition) is 2. The molecule has 1 aliphatic heterocycles. The largest absolute Gasteiger partial charge is 0.494 e. The number of fused-ring (bicyclic) bond motifs is 1. The Hall–Kier alpha value is -2.20. The molecule has 0 saturated carbocycles. The number of carbonyl (C=O) groups excluding carboxylic acids is 1. The van der Waals surface area contributed by atoms with Crippen molar-refractivity contribution in [3.8, 4) is 5.75 Å². The monoisotopic (exact) mass is 332 g/mol. The maximum Gasteiger partial charge on any atom is 0.255 e. The second kappa shape index (κ2) is 7.88. The minimum atomic E-state index is -0.0862. The highest BCUT2D eigenvalue weighted by Crippen LogP contribution is 2.23. The van der Waals surface area contributed by atoms with Gasteiger partial charge in [0.2, 0.25) is 0 Å². The number of halogens is 1. The molecule has 0 unspecified atom stereocenters. The average molecular weight is 333 g/mol. The Kier molecular flexibility index (Phi) is 5.88. The SMILES string of the molecule is CCCOc1ccc(NC(=O)c2ccc3c(c2)CCN3)cc1.Cl. The van der Waals surface area contributed by atoms with Crippen molar-refractivity contribution in [2.75, 3.05) is 23.8 Å². The molecule has 4 nitrogen and oxygen atoms in total. The first-order valence-corrected chi connectivity index (χ1v) is 7.67. The van der Waals surface area contributed by atoms with Crippen LogP contribution in [0, 0.1) is 0 Å². The van der Waals surface area contributed by atoms with Gasteiger partial charge in [-0.1, -0.05) is 6.92 Å². The van der Waals surface area contributed by atoms with Gasteiger partial charge >= 0.3 is 0 Å². The van der Waals surface area contributed by atoms with E-state index in [1.165, 1.54) is 5.56 Å². The third-order valence-electron chi connectivity index (χ3n) is 3.66. The summed E-state index contributed by atoms with van der Waals surface area (Å²) in [6, 6.07) is 13.2. The topological polar surface area (TPSA) is 50.4 Å². The number of hydrogen-bond acceptors (Lipinski definition) is 3. The minimum Gasteiger partial charge on any atom is -0.494 e. The fourth-order valence-electron chi connectivity index (χ4n) is 2.50. The lowest BCUT2D eigenvalue weighted by Crippen LogP contribution is -2.12. The molecule has 1 amide bonds. The summed E-state index contributed by atoms with van der Waals surface area (Å²) in [7, 11) is 0. The van der Waals surface area contributed by atoms with Gasteiger partial charge in [-0.25, -0.2) is 0 Å². The van der Waals surface area contributed by atoms with Gasteiger partial charge in [-0.05, 0) is 60.9 Å². The number of benzene rings is 2. The molecule has 3 rings (SSSR count). The van der Waals surface area contributed by atoms with E-state index in [9.17, 15) is 4.79 Å². The van der Waals surface area contributed by atoms with Crippen LogP contribution in [0.5, 0.6) is 5.75 Å². The molecular formula is C18H21ClN2O2. The van der Waals surface area contributed by atoms with E-state index in [1.54, 1.807) is 0 Å². The zero-order chi connectivity index (χ0) is 15.4. The molecule has 0 aromatic heterocycles. The van der Waals surface area contributed by atoms with Crippen molar-refractivity contribution in [1.29, 1.82) is 0 Å². The van der Waals surface area contributed by atoms with Gasteiger partial charge in [0, 0.05) is 23.5 Å². The van der Waals surface area contributed by atoms with Crippen LogP contribution in [0.25, 0.3) is 0 Å². The van der Waals surface area contributed by atoms with Crippen molar-refractivity contribution in [3.63, 3.8) is 0 Å². The highest BCUT2D eigenvalue weighted by Gasteiger charge is 2.13. The van der Waals surface area contributed by atoms with E-state index < -0.39 is 0 Å². The summed E-state index contributed by atoms with van der Waals surface area (Å²) >= 11 is 0. The van der Waals surface area contributed by atoms with Crippen molar-refractivity contribution in [1.82, 2.24) is 0 Å². The molecule has 0 saturated heterocycles. The predicted octanol–water partition coefficient (Wildman–Crippen LogP) is 4.12. The molecule has 0 radical (unpaired) electrons. The van der Waals surface area contributed by atoms with E-state index in [1.807, 2.05) is 42.5 Å². The number of carbonyl (C=O) groups is 1. The van der Waals surface area contributed by atoms with Crippen molar-refractivity contribution in [2.24, 2.45) is 0 Å². The Morgan fingerprint density at radius 3 is 2.74 bits per heavy atom. The second-order valence-electron chi connectivity index (χ2n) is 5.38. The lowest BCUT2D eigenvalue weighted by molar-refractivity contribution is 0.102. The van der Waals surface area contributed by atoms with Crippen molar-refractivity contribution >= 4 is 29.7 Å². The molecule has 1 heterocycles. The fourth-order valence-corrected chi connectivity index (χ4v) is 2.50. The molecule has 122 valence electrons. The molecular weight excluding hydrogens is 312 g/mol. The number of ether oxygens (including phenoxy) is 1. The van der Waals surface area contributed by atoms with Crippen LogP contribution >= 0.6 is 12.4 Å². The Morgan fingerprint density at radius 2 is 2.00 bits per heavy atom. The van der Waals surface area contributed by atoms with Gasteiger partial charge in [-0.15, -0.1) is 12.4 Å². The maximum absolute atomic E-state index is 12.3. The summed E-state index contributed by atoms with van der Waals surface area (Å²) in [6.45, 7) is 3.72. The molecule has 1 aliphatic rings. The molecule has 2 N–H and O–H groups in total. The Morgan fingerprint density at radius 1 is 1.22 bits per heavy atom. The molecule has 0 bridgehead atoms. The average Bonchev–Trinajstić information content (AvgIpc) is 3.01. The van der Waals surface area contributed by atoms with Crippen molar-refractivity contribution in [2.45, 2.75) is 19.8 Å². The Bertz CT molecular complexity index is 671. The summed E-state index contributed by atoms with van der Waals surface area (Å²) in [4.78, 5) is 12.3. The van der Waals surface area contributed by atoms with Crippen LogP contribution in [0.2, 0.25) is 0 Å². The predicted molar refractivity (Wildman–Crippen MR) is 96.1 cm³/mol. The smallest absolute Gasteiger partial charge is 0.255 e. The van der Waals surface area contributed by atoms with Crippen LogP contribution in [0.4, 0.5) is 11.4 Å². The van der Waals surface area contributed by atoms with Crippen LogP contribution in [-0.2, 0) is 6.42 Å².